The summed E-state index contributed by atoms with van der Waals surface area (Å²) in [6, 6.07) is 0. The SMILES string of the molecule is Cn1cc(CNC2(C)CCNC2)nn1. The van der Waals surface area contributed by atoms with Crippen molar-refractivity contribution in [1.82, 2.24) is 25.6 Å². The predicted molar refractivity (Wildman–Crippen MR) is 53.7 cm³/mol. The maximum atomic E-state index is 4.04. The van der Waals surface area contributed by atoms with E-state index in [0.29, 0.717) is 0 Å². The molecule has 1 aromatic heterocycles. The van der Waals surface area contributed by atoms with Crippen LogP contribution in [-0.2, 0) is 13.6 Å². The highest BCUT2D eigenvalue weighted by Crippen LogP contribution is 2.13. The summed E-state index contributed by atoms with van der Waals surface area (Å²) < 4.78 is 1.73. The summed E-state index contributed by atoms with van der Waals surface area (Å²) in [5.41, 5.74) is 1.22. The molecule has 1 aromatic rings. The van der Waals surface area contributed by atoms with Gasteiger partial charge in [-0.1, -0.05) is 5.21 Å². The summed E-state index contributed by atoms with van der Waals surface area (Å²) in [5.74, 6) is 0. The smallest absolute Gasteiger partial charge is 0.0964 e. The zero-order chi connectivity index (χ0) is 10.0. The molecule has 5 heteroatoms. The molecule has 1 unspecified atom stereocenters. The summed E-state index contributed by atoms with van der Waals surface area (Å²) >= 11 is 0. The molecular weight excluding hydrogens is 178 g/mol. The van der Waals surface area contributed by atoms with Crippen molar-refractivity contribution in [2.75, 3.05) is 13.1 Å². The van der Waals surface area contributed by atoms with Gasteiger partial charge in [0.05, 0.1) is 5.69 Å². The van der Waals surface area contributed by atoms with Gasteiger partial charge in [-0.15, -0.1) is 5.10 Å². The summed E-state index contributed by atoms with van der Waals surface area (Å²) in [4.78, 5) is 0. The standard InChI is InChI=1S/C9H17N5/c1-9(3-4-10-7-9)11-5-8-6-14(2)13-12-8/h6,10-11H,3-5,7H2,1-2H3. The highest BCUT2D eigenvalue weighted by molar-refractivity contribution is 4.97. The fraction of sp³-hybridized carbons (Fsp3) is 0.778. The van der Waals surface area contributed by atoms with E-state index in [1.54, 1.807) is 4.68 Å². The third kappa shape index (κ3) is 2.10. The van der Waals surface area contributed by atoms with E-state index in [-0.39, 0.29) is 5.54 Å². The maximum Gasteiger partial charge on any atom is 0.0964 e. The van der Waals surface area contributed by atoms with Crippen LogP contribution in [0.25, 0.3) is 0 Å². The van der Waals surface area contributed by atoms with E-state index in [2.05, 4.69) is 27.9 Å². The van der Waals surface area contributed by atoms with Gasteiger partial charge in [0.2, 0.25) is 0 Å². The molecule has 0 aromatic carbocycles. The molecule has 1 fully saturated rings. The molecule has 0 bridgehead atoms. The lowest BCUT2D eigenvalue weighted by molar-refractivity contribution is 0.383. The Morgan fingerprint density at radius 2 is 2.57 bits per heavy atom. The van der Waals surface area contributed by atoms with Crippen molar-refractivity contribution in [3.8, 4) is 0 Å². The lowest BCUT2D eigenvalue weighted by Gasteiger charge is -2.23. The summed E-state index contributed by atoms with van der Waals surface area (Å²) in [6.07, 6.45) is 3.12. The second kappa shape index (κ2) is 3.67. The Hall–Kier alpha value is -0.940. The molecule has 1 aliphatic heterocycles. The van der Waals surface area contributed by atoms with E-state index >= 15 is 0 Å². The third-order valence-corrected chi connectivity index (χ3v) is 2.72. The Labute approximate surface area is 83.9 Å². The van der Waals surface area contributed by atoms with E-state index in [4.69, 9.17) is 0 Å². The molecule has 1 aliphatic rings. The quantitative estimate of drug-likeness (QED) is 0.692. The first-order chi connectivity index (χ1) is 6.68. The van der Waals surface area contributed by atoms with Crippen molar-refractivity contribution in [1.29, 1.82) is 0 Å². The fourth-order valence-electron chi connectivity index (χ4n) is 1.75. The average Bonchev–Trinajstić information content (AvgIpc) is 2.73. The maximum absolute atomic E-state index is 4.04. The molecule has 2 rings (SSSR count). The van der Waals surface area contributed by atoms with E-state index in [1.165, 1.54) is 6.42 Å². The van der Waals surface area contributed by atoms with Crippen LogP contribution in [0.4, 0.5) is 0 Å². The summed E-state index contributed by atoms with van der Waals surface area (Å²) in [6.45, 7) is 5.17. The second-order valence-electron chi connectivity index (χ2n) is 4.22. The van der Waals surface area contributed by atoms with Gasteiger partial charge in [0.1, 0.15) is 0 Å². The van der Waals surface area contributed by atoms with E-state index in [9.17, 15) is 0 Å². The van der Waals surface area contributed by atoms with E-state index in [0.717, 1.165) is 25.3 Å². The Morgan fingerprint density at radius 1 is 1.71 bits per heavy atom. The van der Waals surface area contributed by atoms with Crippen molar-refractivity contribution < 1.29 is 0 Å². The lowest BCUT2D eigenvalue weighted by atomic mass is 10.0. The van der Waals surface area contributed by atoms with Crippen molar-refractivity contribution in [2.24, 2.45) is 7.05 Å². The van der Waals surface area contributed by atoms with Gasteiger partial charge in [-0.2, -0.15) is 0 Å². The topological polar surface area (TPSA) is 54.8 Å². The number of nitrogens with one attached hydrogen (secondary N) is 2. The Bertz CT molecular complexity index is 300. The number of rotatable bonds is 3. The number of nitrogens with zero attached hydrogens (tertiary/aromatic N) is 3. The van der Waals surface area contributed by atoms with Gasteiger partial charge >= 0.3 is 0 Å². The molecule has 0 saturated carbocycles. The predicted octanol–water partition coefficient (Wildman–Crippen LogP) is -0.343. The Morgan fingerprint density at radius 3 is 3.14 bits per heavy atom. The van der Waals surface area contributed by atoms with Crippen LogP contribution >= 0.6 is 0 Å². The van der Waals surface area contributed by atoms with Crippen molar-refractivity contribution in [2.45, 2.75) is 25.4 Å². The van der Waals surface area contributed by atoms with Gasteiger partial charge in [-0.05, 0) is 19.9 Å². The van der Waals surface area contributed by atoms with Gasteiger partial charge in [-0.25, -0.2) is 0 Å². The van der Waals surface area contributed by atoms with Crippen LogP contribution in [-0.4, -0.2) is 33.6 Å². The van der Waals surface area contributed by atoms with Gasteiger partial charge in [0.25, 0.3) is 0 Å². The summed E-state index contributed by atoms with van der Waals surface area (Å²) in [7, 11) is 1.88. The number of hydrogen-bond donors (Lipinski definition) is 2. The highest BCUT2D eigenvalue weighted by atomic mass is 15.4. The van der Waals surface area contributed by atoms with E-state index < -0.39 is 0 Å². The highest BCUT2D eigenvalue weighted by Gasteiger charge is 2.27. The average molecular weight is 195 g/mol. The van der Waals surface area contributed by atoms with Crippen molar-refractivity contribution in [3.63, 3.8) is 0 Å². The first-order valence-corrected chi connectivity index (χ1v) is 4.99. The van der Waals surface area contributed by atoms with Crippen LogP contribution in [0.15, 0.2) is 6.20 Å². The minimum absolute atomic E-state index is 0.220. The molecule has 1 atom stereocenters. The summed E-state index contributed by atoms with van der Waals surface area (Å²) in [5, 5.41) is 14.8. The van der Waals surface area contributed by atoms with Crippen LogP contribution in [0.1, 0.15) is 19.0 Å². The zero-order valence-electron chi connectivity index (χ0n) is 8.75. The first-order valence-electron chi connectivity index (χ1n) is 4.99. The molecule has 2 N–H and O–H groups in total. The number of aryl methyl sites for hydroxylation is 1. The monoisotopic (exact) mass is 195 g/mol. The molecule has 14 heavy (non-hydrogen) atoms. The van der Waals surface area contributed by atoms with Crippen molar-refractivity contribution in [3.05, 3.63) is 11.9 Å². The lowest BCUT2D eigenvalue weighted by Crippen LogP contribution is -2.43. The van der Waals surface area contributed by atoms with Gasteiger partial charge in [-0.3, -0.25) is 4.68 Å². The molecule has 0 radical (unpaired) electrons. The molecule has 5 nitrogen and oxygen atoms in total. The Balaban J connectivity index is 1.87. The van der Waals surface area contributed by atoms with Gasteiger partial charge in [0.15, 0.2) is 0 Å². The first kappa shape index (κ1) is 9.61. The molecule has 1 saturated heterocycles. The van der Waals surface area contributed by atoms with Crippen LogP contribution < -0.4 is 10.6 Å². The Kier molecular flexibility index (Phi) is 2.52. The van der Waals surface area contributed by atoms with Crippen LogP contribution in [0.2, 0.25) is 0 Å². The molecule has 0 amide bonds. The fourth-order valence-corrected chi connectivity index (χ4v) is 1.75. The van der Waals surface area contributed by atoms with Gasteiger partial charge < -0.3 is 10.6 Å². The third-order valence-electron chi connectivity index (χ3n) is 2.72. The van der Waals surface area contributed by atoms with Crippen LogP contribution in [0.5, 0.6) is 0 Å². The molecule has 78 valence electrons. The van der Waals surface area contributed by atoms with Crippen LogP contribution in [0, 0.1) is 0 Å². The number of aromatic nitrogens is 3. The molecule has 0 spiro atoms. The molecular formula is C9H17N5. The largest absolute Gasteiger partial charge is 0.315 e. The van der Waals surface area contributed by atoms with Gasteiger partial charge in [0, 0.05) is 31.9 Å². The van der Waals surface area contributed by atoms with E-state index in [1.807, 2.05) is 13.2 Å². The van der Waals surface area contributed by atoms with Crippen LogP contribution in [0.3, 0.4) is 0 Å². The van der Waals surface area contributed by atoms with Crippen molar-refractivity contribution >= 4 is 0 Å². The minimum Gasteiger partial charge on any atom is -0.315 e. The minimum atomic E-state index is 0.220. The molecule has 2 heterocycles. The second-order valence-corrected chi connectivity index (χ2v) is 4.22. The molecule has 0 aliphatic carbocycles. The number of hydrogen-bond acceptors (Lipinski definition) is 4. The normalized spacial score (nSPS) is 27.0. The zero-order valence-corrected chi connectivity index (χ0v) is 8.75.